The van der Waals surface area contributed by atoms with Gasteiger partial charge in [0.15, 0.2) is 5.78 Å². The molecule has 0 spiro atoms. The van der Waals surface area contributed by atoms with Gasteiger partial charge in [-0.15, -0.1) is 0 Å². The van der Waals surface area contributed by atoms with E-state index >= 15 is 0 Å². The third-order valence-corrected chi connectivity index (χ3v) is 4.59. The first-order chi connectivity index (χ1) is 9.77. The van der Waals surface area contributed by atoms with Gasteiger partial charge in [-0.05, 0) is 48.4 Å². The molecule has 0 aromatic heterocycles. The van der Waals surface area contributed by atoms with Gasteiger partial charge in [0.05, 0.1) is 0 Å². The number of ketones is 2. The summed E-state index contributed by atoms with van der Waals surface area (Å²) in [5.74, 6) is 0.0729. The van der Waals surface area contributed by atoms with Crippen molar-refractivity contribution in [3.63, 3.8) is 0 Å². The molecular weight excluding hydrogens is 267 g/mol. The zero-order valence-corrected chi connectivity index (χ0v) is 13.0. The SMILES string of the molecule is CC(C)(C)[C@@H]1CCC(=O)[C@@H](CC(=O)c2ccc(F)cc2)C1. The van der Waals surface area contributed by atoms with E-state index in [-0.39, 0.29) is 35.1 Å². The Kier molecular flexibility index (Phi) is 4.60. The molecule has 0 bridgehead atoms. The van der Waals surface area contributed by atoms with Gasteiger partial charge in [0.25, 0.3) is 0 Å². The van der Waals surface area contributed by atoms with E-state index in [0.717, 1.165) is 12.8 Å². The molecule has 1 saturated carbocycles. The standard InChI is InChI=1S/C18H23FO2/c1-18(2,3)14-6-9-16(20)13(10-14)11-17(21)12-4-7-15(19)8-5-12/h4-5,7-8,13-14H,6,9-11H2,1-3H3/t13-,14-/m1/s1. The molecule has 114 valence electrons. The van der Waals surface area contributed by atoms with Gasteiger partial charge in [-0.3, -0.25) is 9.59 Å². The maximum absolute atomic E-state index is 12.9. The number of halogens is 1. The van der Waals surface area contributed by atoms with Crippen molar-refractivity contribution >= 4 is 11.6 Å². The topological polar surface area (TPSA) is 34.1 Å². The number of Topliss-reactive ketones (excluding diaryl/α,β-unsaturated/α-hetero) is 2. The van der Waals surface area contributed by atoms with Gasteiger partial charge in [0.1, 0.15) is 11.6 Å². The van der Waals surface area contributed by atoms with Crippen LogP contribution in [0.5, 0.6) is 0 Å². The van der Waals surface area contributed by atoms with Crippen LogP contribution in [-0.2, 0) is 4.79 Å². The van der Waals surface area contributed by atoms with Gasteiger partial charge < -0.3 is 0 Å². The van der Waals surface area contributed by atoms with Gasteiger partial charge in [-0.25, -0.2) is 4.39 Å². The summed E-state index contributed by atoms with van der Waals surface area (Å²) in [7, 11) is 0. The van der Waals surface area contributed by atoms with Gasteiger partial charge in [0.2, 0.25) is 0 Å². The number of hydrogen-bond acceptors (Lipinski definition) is 2. The minimum absolute atomic E-state index is 0.0668. The minimum atomic E-state index is -0.354. The Bertz CT molecular complexity index is 525. The molecule has 0 saturated heterocycles. The zero-order valence-electron chi connectivity index (χ0n) is 13.0. The highest BCUT2D eigenvalue weighted by molar-refractivity contribution is 5.99. The van der Waals surface area contributed by atoms with E-state index in [1.54, 1.807) is 0 Å². The number of carbonyl (C=O) groups is 2. The van der Waals surface area contributed by atoms with Crippen LogP contribution < -0.4 is 0 Å². The van der Waals surface area contributed by atoms with Crippen molar-refractivity contribution in [2.75, 3.05) is 0 Å². The molecule has 2 nitrogen and oxygen atoms in total. The van der Waals surface area contributed by atoms with Gasteiger partial charge in [-0.1, -0.05) is 20.8 Å². The first-order valence-electron chi connectivity index (χ1n) is 7.59. The second-order valence-corrected chi connectivity index (χ2v) is 7.13. The highest BCUT2D eigenvalue weighted by atomic mass is 19.1. The van der Waals surface area contributed by atoms with Crippen LogP contribution in [0.15, 0.2) is 24.3 Å². The molecule has 1 fully saturated rings. The third-order valence-electron chi connectivity index (χ3n) is 4.59. The van der Waals surface area contributed by atoms with Crippen molar-refractivity contribution in [2.24, 2.45) is 17.3 Å². The highest BCUT2D eigenvalue weighted by Crippen LogP contribution is 2.40. The fraction of sp³-hybridized carbons (Fsp3) is 0.556. The molecule has 1 aliphatic rings. The van der Waals surface area contributed by atoms with Crippen LogP contribution in [0, 0.1) is 23.1 Å². The summed E-state index contributed by atoms with van der Waals surface area (Å²) in [6, 6.07) is 5.56. The second kappa shape index (κ2) is 6.08. The Hall–Kier alpha value is -1.51. The average molecular weight is 290 g/mol. The van der Waals surface area contributed by atoms with Crippen molar-refractivity contribution in [1.29, 1.82) is 0 Å². The maximum Gasteiger partial charge on any atom is 0.163 e. The van der Waals surface area contributed by atoms with Gasteiger partial charge >= 0.3 is 0 Å². The van der Waals surface area contributed by atoms with Crippen LogP contribution in [0.4, 0.5) is 4.39 Å². The van der Waals surface area contributed by atoms with Crippen molar-refractivity contribution < 1.29 is 14.0 Å². The Morgan fingerprint density at radius 1 is 1.24 bits per heavy atom. The van der Waals surface area contributed by atoms with E-state index in [1.807, 2.05) is 0 Å². The Labute approximate surface area is 125 Å². The summed E-state index contributed by atoms with van der Waals surface area (Å²) in [4.78, 5) is 24.3. The fourth-order valence-corrected chi connectivity index (χ4v) is 3.07. The van der Waals surface area contributed by atoms with Crippen LogP contribution in [0.2, 0.25) is 0 Å². The summed E-state index contributed by atoms with van der Waals surface area (Å²) in [6.07, 6.45) is 2.53. The summed E-state index contributed by atoms with van der Waals surface area (Å²) < 4.78 is 12.9. The Morgan fingerprint density at radius 3 is 2.43 bits per heavy atom. The molecule has 0 aliphatic heterocycles. The fourth-order valence-electron chi connectivity index (χ4n) is 3.07. The van der Waals surface area contributed by atoms with E-state index in [4.69, 9.17) is 0 Å². The van der Waals surface area contributed by atoms with Crippen LogP contribution >= 0.6 is 0 Å². The lowest BCUT2D eigenvalue weighted by atomic mass is 9.67. The molecule has 3 heteroatoms. The Morgan fingerprint density at radius 2 is 1.86 bits per heavy atom. The largest absolute Gasteiger partial charge is 0.299 e. The lowest BCUT2D eigenvalue weighted by Gasteiger charge is -2.36. The second-order valence-electron chi connectivity index (χ2n) is 7.13. The maximum atomic E-state index is 12.9. The molecule has 2 rings (SSSR count). The van der Waals surface area contributed by atoms with Crippen molar-refractivity contribution in [3.8, 4) is 0 Å². The zero-order chi connectivity index (χ0) is 15.6. The summed E-state index contributed by atoms with van der Waals surface area (Å²) in [6.45, 7) is 6.56. The summed E-state index contributed by atoms with van der Waals surface area (Å²) in [5.41, 5.74) is 0.653. The summed E-state index contributed by atoms with van der Waals surface area (Å²) >= 11 is 0. The molecule has 21 heavy (non-hydrogen) atoms. The van der Waals surface area contributed by atoms with E-state index in [2.05, 4.69) is 20.8 Å². The third kappa shape index (κ3) is 3.99. The van der Waals surface area contributed by atoms with Crippen molar-refractivity contribution in [1.82, 2.24) is 0 Å². The Balaban J connectivity index is 2.05. The molecule has 2 atom stereocenters. The first kappa shape index (κ1) is 15.9. The smallest absolute Gasteiger partial charge is 0.163 e. The number of hydrogen-bond donors (Lipinski definition) is 0. The minimum Gasteiger partial charge on any atom is -0.299 e. The van der Waals surface area contributed by atoms with Crippen molar-refractivity contribution in [2.45, 2.75) is 46.5 Å². The van der Waals surface area contributed by atoms with E-state index < -0.39 is 0 Å². The van der Waals surface area contributed by atoms with E-state index in [0.29, 0.717) is 17.9 Å². The van der Waals surface area contributed by atoms with Crippen LogP contribution in [0.1, 0.15) is 56.8 Å². The first-order valence-corrected chi connectivity index (χ1v) is 7.59. The average Bonchev–Trinajstić information content (AvgIpc) is 2.40. The molecule has 0 heterocycles. The normalized spacial score (nSPS) is 23.1. The van der Waals surface area contributed by atoms with Crippen LogP contribution in [0.25, 0.3) is 0 Å². The molecule has 0 unspecified atom stereocenters. The summed E-state index contributed by atoms with van der Waals surface area (Å²) in [5, 5.41) is 0. The predicted octanol–water partition coefficient (Wildman–Crippen LogP) is 4.43. The molecule has 0 radical (unpaired) electrons. The number of carbonyl (C=O) groups excluding carboxylic acids is 2. The van der Waals surface area contributed by atoms with Crippen LogP contribution in [-0.4, -0.2) is 11.6 Å². The number of benzene rings is 1. The predicted molar refractivity (Wildman–Crippen MR) is 80.6 cm³/mol. The lowest BCUT2D eigenvalue weighted by Crippen LogP contribution is -2.33. The van der Waals surface area contributed by atoms with E-state index in [9.17, 15) is 14.0 Å². The quantitative estimate of drug-likeness (QED) is 0.772. The monoisotopic (exact) mass is 290 g/mol. The molecular formula is C18H23FO2. The molecule has 1 aliphatic carbocycles. The molecule has 1 aromatic carbocycles. The molecule has 0 N–H and O–H groups in total. The highest BCUT2D eigenvalue weighted by Gasteiger charge is 2.35. The van der Waals surface area contributed by atoms with Crippen LogP contribution in [0.3, 0.4) is 0 Å². The van der Waals surface area contributed by atoms with Crippen molar-refractivity contribution in [3.05, 3.63) is 35.6 Å². The van der Waals surface area contributed by atoms with Gasteiger partial charge in [0, 0.05) is 24.3 Å². The van der Waals surface area contributed by atoms with E-state index in [1.165, 1.54) is 24.3 Å². The van der Waals surface area contributed by atoms with Gasteiger partial charge in [-0.2, -0.15) is 0 Å². The molecule has 1 aromatic rings. The lowest BCUT2D eigenvalue weighted by molar-refractivity contribution is -0.126. The molecule has 0 amide bonds. The number of rotatable bonds is 3.